The van der Waals surface area contributed by atoms with Crippen LogP contribution in [0.4, 0.5) is 0 Å². The van der Waals surface area contributed by atoms with Gasteiger partial charge in [-0.2, -0.15) is 0 Å². The van der Waals surface area contributed by atoms with Crippen LogP contribution in [0.3, 0.4) is 0 Å². The van der Waals surface area contributed by atoms with E-state index < -0.39 is 0 Å². The van der Waals surface area contributed by atoms with Crippen LogP contribution in [0.25, 0.3) is 0 Å². The molecule has 0 bridgehead atoms. The zero-order chi connectivity index (χ0) is 14.0. The normalized spacial score (nSPS) is 38.2. The smallest absolute Gasteiger partial charge is 0.0693 e. The number of aliphatic hydroxyl groups is 1. The van der Waals surface area contributed by atoms with Gasteiger partial charge in [0.15, 0.2) is 0 Å². The van der Waals surface area contributed by atoms with E-state index in [0.29, 0.717) is 24.1 Å². The minimum absolute atomic E-state index is 0.153. The zero-order valence-electron chi connectivity index (χ0n) is 13.0. The molecule has 2 fully saturated rings. The van der Waals surface area contributed by atoms with Crippen molar-refractivity contribution in [2.45, 2.75) is 84.1 Å². The summed E-state index contributed by atoms with van der Waals surface area (Å²) in [6, 6.07) is 0.784. The Hall–Kier alpha value is -0.120. The molecule has 0 saturated heterocycles. The number of aliphatic hydroxyl groups excluding tert-OH is 1. The SMILES string of the molecule is CC(C)COC1CC(NC2CCCCC2O)C1(C)C. The molecular weight excluding hydrogens is 238 g/mol. The molecule has 2 rings (SSSR count). The van der Waals surface area contributed by atoms with Crippen molar-refractivity contribution in [1.29, 1.82) is 0 Å². The van der Waals surface area contributed by atoms with Gasteiger partial charge in [-0.05, 0) is 25.2 Å². The lowest BCUT2D eigenvalue weighted by molar-refractivity contribution is -0.129. The minimum Gasteiger partial charge on any atom is -0.392 e. The molecule has 0 aromatic rings. The summed E-state index contributed by atoms with van der Waals surface area (Å²) < 4.78 is 6.00. The van der Waals surface area contributed by atoms with Crippen molar-refractivity contribution in [3.8, 4) is 0 Å². The second-order valence-electron chi connectivity index (χ2n) is 7.45. The van der Waals surface area contributed by atoms with E-state index in [-0.39, 0.29) is 11.5 Å². The van der Waals surface area contributed by atoms with Crippen LogP contribution < -0.4 is 5.32 Å². The van der Waals surface area contributed by atoms with Crippen LogP contribution in [0.1, 0.15) is 59.8 Å². The highest BCUT2D eigenvalue weighted by Crippen LogP contribution is 2.43. The molecule has 0 aromatic carbocycles. The number of hydrogen-bond acceptors (Lipinski definition) is 3. The molecule has 0 heterocycles. The van der Waals surface area contributed by atoms with Crippen LogP contribution in [-0.2, 0) is 4.74 Å². The number of ether oxygens (including phenoxy) is 1. The van der Waals surface area contributed by atoms with Crippen molar-refractivity contribution in [3.05, 3.63) is 0 Å². The maximum absolute atomic E-state index is 10.1. The Morgan fingerprint density at radius 3 is 2.53 bits per heavy atom. The summed E-state index contributed by atoms with van der Waals surface area (Å²) in [7, 11) is 0. The lowest BCUT2D eigenvalue weighted by atomic mass is 9.64. The first-order valence-corrected chi connectivity index (χ1v) is 7.97. The predicted molar refractivity (Wildman–Crippen MR) is 78.2 cm³/mol. The molecule has 19 heavy (non-hydrogen) atoms. The molecule has 4 unspecified atom stereocenters. The molecule has 0 radical (unpaired) electrons. The summed E-state index contributed by atoms with van der Waals surface area (Å²) >= 11 is 0. The third-order valence-electron chi connectivity index (χ3n) is 4.95. The Kier molecular flexibility index (Phi) is 4.91. The van der Waals surface area contributed by atoms with Gasteiger partial charge in [-0.3, -0.25) is 0 Å². The molecule has 2 N–H and O–H groups in total. The fraction of sp³-hybridized carbons (Fsp3) is 1.00. The van der Waals surface area contributed by atoms with E-state index in [2.05, 4.69) is 33.0 Å². The van der Waals surface area contributed by atoms with Gasteiger partial charge in [0.25, 0.3) is 0 Å². The van der Waals surface area contributed by atoms with Gasteiger partial charge in [0.1, 0.15) is 0 Å². The highest BCUT2D eigenvalue weighted by atomic mass is 16.5. The second kappa shape index (κ2) is 6.11. The second-order valence-corrected chi connectivity index (χ2v) is 7.45. The molecule has 3 nitrogen and oxygen atoms in total. The molecule has 0 amide bonds. The Balaban J connectivity index is 1.80. The van der Waals surface area contributed by atoms with Crippen molar-refractivity contribution in [1.82, 2.24) is 5.32 Å². The molecule has 2 saturated carbocycles. The maximum atomic E-state index is 10.1. The van der Waals surface area contributed by atoms with Gasteiger partial charge in [0, 0.05) is 24.1 Å². The van der Waals surface area contributed by atoms with Gasteiger partial charge in [-0.15, -0.1) is 0 Å². The summed E-state index contributed by atoms with van der Waals surface area (Å²) in [6.07, 6.45) is 5.79. The van der Waals surface area contributed by atoms with Gasteiger partial charge in [-0.25, -0.2) is 0 Å². The quantitative estimate of drug-likeness (QED) is 0.806. The largest absolute Gasteiger partial charge is 0.392 e. The fourth-order valence-electron chi connectivity index (χ4n) is 3.32. The van der Waals surface area contributed by atoms with Crippen molar-refractivity contribution >= 4 is 0 Å². The third kappa shape index (κ3) is 3.50. The van der Waals surface area contributed by atoms with Crippen LogP contribution >= 0.6 is 0 Å². The summed E-state index contributed by atoms with van der Waals surface area (Å²) in [4.78, 5) is 0. The van der Waals surface area contributed by atoms with E-state index in [9.17, 15) is 5.11 Å². The average molecular weight is 269 g/mol. The molecular formula is C16H31NO2. The lowest BCUT2D eigenvalue weighted by Gasteiger charge is -2.53. The summed E-state index contributed by atoms with van der Waals surface area (Å²) in [5.74, 6) is 0.600. The Labute approximate surface area is 118 Å². The first-order valence-electron chi connectivity index (χ1n) is 7.97. The number of hydrogen-bond donors (Lipinski definition) is 2. The molecule has 0 aliphatic heterocycles. The van der Waals surface area contributed by atoms with Crippen molar-refractivity contribution < 1.29 is 9.84 Å². The molecule has 0 aromatic heterocycles. The third-order valence-corrected chi connectivity index (χ3v) is 4.95. The van der Waals surface area contributed by atoms with Gasteiger partial charge in [0.2, 0.25) is 0 Å². The van der Waals surface area contributed by atoms with Gasteiger partial charge in [-0.1, -0.05) is 40.5 Å². The van der Waals surface area contributed by atoms with E-state index in [1.807, 2.05) is 0 Å². The topological polar surface area (TPSA) is 41.5 Å². The lowest BCUT2D eigenvalue weighted by Crippen LogP contribution is -2.64. The molecule has 3 heteroatoms. The molecule has 0 spiro atoms. The number of nitrogens with one attached hydrogen (secondary N) is 1. The first kappa shape index (κ1) is 15.3. The maximum Gasteiger partial charge on any atom is 0.0693 e. The monoisotopic (exact) mass is 269 g/mol. The van der Waals surface area contributed by atoms with Crippen LogP contribution in [0, 0.1) is 11.3 Å². The number of rotatable bonds is 5. The van der Waals surface area contributed by atoms with E-state index in [4.69, 9.17) is 4.74 Å². The summed E-state index contributed by atoms with van der Waals surface area (Å²) in [5.41, 5.74) is 0.187. The summed E-state index contributed by atoms with van der Waals surface area (Å²) in [5, 5.41) is 13.7. The van der Waals surface area contributed by atoms with Crippen LogP contribution in [-0.4, -0.2) is 36.0 Å². The molecule has 4 atom stereocenters. The van der Waals surface area contributed by atoms with Crippen LogP contribution in [0.2, 0.25) is 0 Å². The van der Waals surface area contributed by atoms with E-state index in [0.717, 1.165) is 25.9 Å². The minimum atomic E-state index is -0.153. The Morgan fingerprint density at radius 2 is 1.95 bits per heavy atom. The van der Waals surface area contributed by atoms with Crippen LogP contribution in [0.5, 0.6) is 0 Å². The molecule has 2 aliphatic carbocycles. The summed E-state index contributed by atoms with van der Waals surface area (Å²) in [6.45, 7) is 9.81. The highest BCUT2D eigenvalue weighted by molar-refractivity contribution is 5.04. The fourth-order valence-corrected chi connectivity index (χ4v) is 3.32. The van der Waals surface area contributed by atoms with E-state index in [1.54, 1.807) is 0 Å². The Bertz CT molecular complexity index is 290. The average Bonchev–Trinajstić information content (AvgIpc) is 2.34. The van der Waals surface area contributed by atoms with Crippen molar-refractivity contribution in [3.63, 3.8) is 0 Å². The van der Waals surface area contributed by atoms with E-state index in [1.165, 1.54) is 12.8 Å². The first-order chi connectivity index (χ1) is 8.91. The molecule has 2 aliphatic rings. The van der Waals surface area contributed by atoms with Crippen LogP contribution in [0.15, 0.2) is 0 Å². The highest BCUT2D eigenvalue weighted by Gasteiger charge is 2.49. The van der Waals surface area contributed by atoms with Gasteiger partial charge in [0.05, 0.1) is 12.2 Å². The van der Waals surface area contributed by atoms with Crippen molar-refractivity contribution in [2.24, 2.45) is 11.3 Å². The Morgan fingerprint density at radius 1 is 1.26 bits per heavy atom. The molecule has 112 valence electrons. The van der Waals surface area contributed by atoms with Crippen molar-refractivity contribution in [2.75, 3.05) is 6.61 Å². The van der Waals surface area contributed by atoms with Gasteiger partial charge >= 0.3 is 0 Å². The van der Waals surface area contributed by atoms with Gasteiger partial charge < -0.3 is 15.2 Å². The standard InChI is InChI=1S/C16H31NO2/c1-11(2)10-19-15-9-14(16(15,3)4)17-12-7-5-6-8-13(12)18/h11-15,17-18H,5-10H2,1-4H3. The van der Waals surface area contributed by atoms with E-state index >= 15 is 0 Å². The zero-order valence-corrected chi connectivity index (χ0v) is 13.0. The predicted octanol–water partition coefficient (Wildman–Crippen LogP) is 2.72.